The zero-order valence-electron chi connectivity index (χ0n) is 16.9. The normalized spacial score (nSPS) is 16.0. The fourth-order valence-electron chi connectivity index (χ4n) is 3.05. The van der Waals surface area contributed by atoms with Gasteiger partial charge >= 0.3 is 5.97 Å². The number of anilines is 1. The molecule has 0 spiro atoms. The molecular weight excluding hydrogens is 362 g/mol. The number of nitrogens with zero attached hydrogens (tertiary/aromatic N) is 2. The lowest BCUT2D eigenvalue weighted by molar-refractivity contribution is -0.384. The highest BCUT2D eigenvalue weighted by molar-refractivity contribution is 5.98. The Morgan fingerprint density at radius 1 is 1.29 bits per heavy atom. The first-order valence-electron chi connectivity index (χ1n) is 9.71. The molecule has 1 heterocycles. The van der Waals surface area contributed by atoms with Gasteiger partial charge in [-0.15, -0.1) is 0 Å². The quantitative estimate of drug-likeness (QED) is 0.435. The lowest BCUT2D eigenvalue weighted by atomic mass is 9.98. The van der Waals surface area contributed by atoms with Crippen molar-refractivity contribution in [1.82, 2.24) is 5.32 Å². The van der Waals surface area contributed by atoms with Crippen molar-refractivity contribution in [2.24, 2.45) is 11.8 Å². The van der Waals surface area contributed by atoms with E-state index in [1.165, 1.54) is 19.1 Å². The summed E-state index contributed by atoms with van der Waals surface area (Å²) in [6, 6.07) is 4.21. The first kappa shape index (κ1) is 21.7. The van der Waals surface area contributed by atoms with E-state index in [1.54, 1.807) is 6.07 Å². The summed E-state index contributed by atoms with van der Waals surface area (Å²) < 4.78 is 5.32. The molecule has 1 fully saturated rings. The van der Waals surface area contributed by atoms with Crippen LogP contribution in [0.25, 0.3) is 0 Å². The van der Waals surface area contributed by atoms with Gasteiger partial charge in [-0.1, -0.05) is 20.8 Å². The molecule has 1 saturated heterocycles. The maximum atomic E-state index is 12.7. The number of carbonyl (C=O) groups excluding carboxylic acids is 2. The largest absolute Gasteiger partial charge is 0.449 e. The standard InChI is InChI=1S/C20H29N3O5/c1-13(2)12-21-19(24)15(4)28-20(25)17-11-16(23(26)27)5-6-18(17)22-9-7-14(3)8-10-22/h5-6,11,13-15H,7-10,12H2,1-4H3,(H,21,24)/t15-/m1/s1. The Bertz CT molecular complexity index is 727. The minimum Gasteiger partial charge on any atom is -0.449 e. The monoisotopic (exact) mass is 391 g/mol. The summed E-state index contributed by atoms with van der Waals surface area (Å²) in [5.41, 5.74) is 0.544. The maximum Gasteiger partial charge on any atom is 0.341 e. The van der Waals surface area contributed by atoms with E-state index in [0.29, 0.717) is 18.2 Å². The van der Waals surface area contributed by atoms with Crippen molar-refractivity contribution in [3.8, 4) is 0 Å². The highest BCUT2D eigenvalue weighted by Gasteiger charge is 2.26. The minimum atomic E-state index is -0.986. The van der Waals surface area contributed by atoms with Crippen molar-refractivity contribution in [2.75, 3.05) is 24.5 Å². The third-order valence-electron chi connectivity index (χ3n) is 4.87. The second-order valence-electron chi connectivity index (χ2n) is 7.81. The molecule has 1 aromatic carbocycles. The predicted octanol–water partition coefficient (Wildman–Crippen LogP) is 3.15. The lowest BCUT2D eigenvalue weighted by Gasteiger charge is -2.33. The summed E-state index contributed by atoms with van der Waals surface area (Å²) in [6.45, 7) is 9.62. The fourth-order valence-corrected chi connectivity index (χ4v) is 3.05. The van der Waals surface area contributed by atoms with Crippen molar-refractivity contribution >= 4 is 23.3 Å². The van der Waals surface area contributed by atoms with Crippen LogP contribution in [0, 0.1) is 22.0 Å². The average molecular weight is 391 g/mol. The molecule has 0 aromatic heterocycles. The molecule has 1 N–H and O–H groups in total. The van der Waals surface area contributed by atoms with Crippen LogP contribution >= 0.6 is 0 Å². The summed E-state index contributed by atoms with van der Waals surface area (Å²) in [4.78, 5) is 37.5. The van der Waals surface area contributed by atoms with Crippen LogP contribution in [0.15, 0.2) is 18.2 Å². The van der Waals surface area contributed by atoms with Crippen molar-refractivity contribution in [3.63, 3.8) is 0 Å². The number of ether oxygens (including phenoxy) is 1. The summed E-state index contributed by atoms with van der Waals surface area (Å²) >= 11 is 0. The van der Waals surface area contributed by atoms with Crippen LogP contribution < -0.4 is 10.2 Å². The molecule has 8 heteroatoms. The lowest BCUT2D eigenvalue weighted by Crippen LogP contribution is -2.38. The van der Waals surface area contributed by atoms with E-state index in [-0.39, 0.29) is 23.1 Å². The Labute approximate surface area is 165 Å². The number of nitro benzene ring substituents is 1. The number of nitro groups is 1. The number of piperidine rings is 1. The van der Waals surface area contributed by atoms with E-state index in [2.05, 4.69) is 12.2 Å². The Morgan fingerprint density at radius 3 is 2.50 bits per heavy atom. The van der Waals surface area contributed by atoms with Crippen LogP contribution in [0.1, 0.15) is 50.9 Å². The first-order valence-corrected chi connectivity index (χ1v) is 9.71. The molecule has 2 rings (SSSR count). The van der Waals surface area contributed by atoms with Gasteiger partial charge in [-0.2, -0.15) is 0 Å². The van der Waals surface area contributed by atoms with Crippen LogP contribution in [0.5, 0.6) is 0 Å². The van der Waals surface area contributed by atoms with Crippen molar-refractivity contribution in [2.45, 2.75) is 46.6 Å². The summed E-state index contributed by atoms with van der Waals surface area (Å²) in [7, 11) is 0. The van der Waals surface area contributed by atoms with Gasteiger partial charge in [-0.25, -0.2) is 4.79 Å². The van der Waals surface area contributed by atoms with E-state index in [0.717, 1.165) is 25.9 Å². The van der Waals surface area contributed by atoms with Gasteiger partial charge in [0.1, 0.15) is 0 Å². The third-order valence-corrected chi connectivity index (χ3v) is 4.87. The van der Waals surface area contributed by atoms with Gasteiger partial charge < -0.3 is 15.0 Å². The second-order valence-corrected chi connectivity index (χ2v) is 7.81. The smallest absolute Gasteiger partial charge is 0.341 e. The number of amides is 1. The van der Waals surface area contributed by atoms with E-state index >= 15 is 0 Å². The molecule has 0 aliphatic carbocycles. The van der Waals surface area contributed by atoms with E-state index in [1.807, 2.05) is 18.7 Å². The van der Waals surface area contributed by atoms with E-state index in [4.69, 9.17) is 4.74 Å². The summed E-state index contributed by atoms with van der Waals surface area (Å²) in [5, 5.41) is 13.9. The SMILES string of the molecule is CC(C)CNC(=O)[C@@H](C)OC(=O)c1cc([N+](=O)[O-])ccc1N1CCC(C)CC1. The topological polar surface area (TPSA) is 102 Å². The number of rotatable bonds is 7. The Morgan fingerprint density at radius 2 is 1.93 bits per heavy atom. The molecule has 0 saturated carbocycles. The molecule has 0 radical (unpaired) electrons. The van der Waals surface area contributed by atoms with Crippen molar-refractivity contribution in [3.05, 3.63) is 33.9 Å². The zero-order valence-corrected chi connectivity index (χ0v) is 16.9. The number of hydrogen-bond donors (Lipinski definition) is 1. The van der Waals surface area contributed by atoms with Crippen LogP contribution in [-0.2, 0) is 9.53 Å². The Hall–Kier alpha value is -2.64. The number of esters is 1. The second kappa shape index (κ2) is 9.52. The molecule has 1 aliphatic heterocycles. The Balaban J connectivity index is 2.20. The van der Waals surface area contributed by atoms with Gasteiger partial charge in [0.15, 0.2) is 6.10 Å². The molecule has 1 aromatic rings. The molecule has 1 amide bonds. The number of non-ortho nitro benzene ring substituents is 1. The predicted molar refractivity (Wildman–Crippen MR) is 106 cm³/mol. The van der Waals surface area contributed by atoms with Gasteiger partial charge in [0, 0.05) is 31.8 Å². The van der Waals surface area contributed by atoms with E-state index < -0.39 is 17.0 Å². The molecule has 8 nitrogen and oxygen atoms in total. The molecule has 0 bridgehead atoms. The van der Waals surface area contributed by atoms with Crippen LogP contribution in [0.3, 0.4) is 0 Å². The first-order chi connectivity index (χ1) is 13.2. The molecular formula is C20H29N3O5. The van der Waals surface area contributed by atoms with Gasteiger partial charge in [-0.3, -0.25) is 14.9 Å². The Kier molecular flexibility index (Phi) is 7.37. The summed E-state index contributed by atoms with van der Waals surface area (Å²) in [5.74, 6) is -0.239. The van der Waals surface area contributed by atoms with Gasteiger partial charge in [-0.05, 0) is 37.7 Å². The fraction of sp³-hybridized carbons (Fsp3) is 0.600. The van der Waals surface area contributed by atoms with E-state index in [9.17, 15) is 19.7 Å². The van der Waals surface area contributed by atoms with Crippen LogP contribution in [0.2, 0.25) is 0 Å². The van der Waals surface area contributed by atoms with Crippen LogP contribution in [-0.4, -0.2) is 42.5 Å². The molecule has 0 unspecified atom stereocenters. The van der Waals surface area contributed by atoms with Crippen LogP contribution in [0.4, 0.5) is 11.4 Å². The zero-order chi connectivity index (χ0) is 20.8. The van der Waals surface area contributed by atoms with Gasteiger partial charge in [0.2, 0.25) is 0 Å². The number of carbonyl (C=O) groups is 2. The number of benzene rings is 1. The maximum absolute atomic E-state index is 12.7. The van der Waals surface area contributed by atoms with Crippen molar-refractivity contribution in [1.29, 1.82) is 0 Å². The third kappa shape index (κ3) is 5.68. The molecule has 1 atom stereocenters. The number of nitrogens with one attached hydrogen (secondary N) is 1. The highest BCUT2D eigenvalue weighted by atomic mass is 16.6. The van der Waals surface area contributed by atoms with Gasteiger partial charge in [0.25, 0.3) is 11.6 Å². The minimum absolute atomic E-state index is 0.118. The summed E-state index contributed by atoms with van der Waals surface area (Å²) in [6.07, 6.45) is 0.985. The van der Waals surface area contributed by atoms with Gasteiger partial charge in [0.05, 0.1) is 16.2 Å². The van der Waals surface area contributed by atoms with Crippen molar-refractivity contribution < 1.29 is 19.2 Å². The molecule has 1 aliphatic rings. The molecule has 28 heavy (non-hydrogen) atoms. The average Bonchev–Trinajstić information content (AvgIpc) is 2.66. The number of hydrogen-bond acceptors (Lipinski definition) is 6. The highest BCUT2D eigenvalue weighted by Crippen LogP contribution is 2.30. The molecule has 154 valence electrons.